The van der Waals surface area contributed by atoms with Gasteiger partial charge in [0.05, 0.1) is 6.54 Å². The zero-order valence-electron chi connectivity index (χ0n) is 12.4. The summed E-state index contributed by atoms with van der Waals surface area (Å²) in [5.74, 6) is 0.615. The van der Waals surface area contributed by atoms with Crippen LogP contribution in [0.4, 0.5) is 4.39 Å². The monoisotopic (exact) mass is 318 g/mol. The van der Waals surface area contributed by atoms with Crippen LogP contribution in [-0.2, 0) is 6.54 Å². The lowest BCUT2D eigenvalue weighted by atomic mass is 10.2. The van der Waals surface area contributed by atoms with Gasteiger partial charge >= 0.3 is 0 Å². The van der Waals surface area contributed by atoms with Gasteiger partial charge in [-0.25, -0.2) is 4.39 Å². The van der Waals surface area contributed by atoms with Gasteiger partial charge in [0, 0.05) is 6.54 Å². The second kappa shape index (κ2) is 8.34. The third kappa shape index (κ3) is 5.69. The fraction of sp³-hybridized carbons (Fsp3) is 0.235. The van der Waals surface area contributed by atoms with E-state index in [0.717, 1.165) is 11.3 Å². The molecule has 116 valence electrons. The molecule has 0 atom stereocenters. The molecule has 0 aromatic heterocycles. The van der Waals surface area contributed by atoms with Crippen LogP contribution in [0.1, 0.15) is 11.1 Å². The molecule has 0 fully saturated rings. The van der Waals surface area contributed by atoms with Crippen LogP contribution < -0.4 is 15.4 Å². The van der Waals surface area contributed by atoms with Gasteiger partial charge in [0.15, 0.2) is 5.11 Å². The summed E-state index contributed by atoms with van der Waals surface area (Å²) in [4.78, 5) is 0. The Morgan fingerprint density at radius 2 is 1.91 bits per heavy atom. The topological polar surface area (TPSA) is 33.3 Å². The van der Waals surface area contributed by atoms with E-state index in [1.54, 1.807) is 12.1 Å². The first-order chi connectivity index (χ1) is 10.6. The number of nitrogens with one attached hydrogen (secondary N) is 2. The first-order valence-corrected chi connectivity index (χ1v) is 7.50. The van der Waals surface area contributed by atoms with E-state index in [1.807, 2.05) is 31.2 Å². The number of aryl methyl sites for hydroxylation is 1. The van der Waals surface area contributed by atoms with Crippen molar-refractivity contribution in [2.45, 2.75) is 13.5 Å². The second-order valence-electron chi connectivity index (χ2n) is 4.90. The average Bonchev–Trinajstić information content (AvgIpc) is 2.51. The van der Waals surface area contributed by atoms with E-state index in [4.69, 9.17) is 17.0 Å². The van der Waals surface area contributed by atoms with Crippen molar-refractivity contribution in [2.24, 2.45) is 0 Å². The number of hydrogen-bond donors (Lipinski definition) is 2. The van der Waals surface area contributed by atoms with Crippen LogP contribution >= 0.6 is 12.2 Å². The number of hydrogen-bond acceptors (Lipinski definition) is 2. The van der Waals surface area contributed by atoms with E-state index in [9.17, 15) is 4.39 Å². The zero-order valence-corrected chi connectivity index (χ0v) is 13.3. The molecule has 0 saturated carbocycles. The lowest BCUT2D eigenvalue weighted by Crippen LogP contribution is -2.37. The summed E-state index contributed by atoms with van der Waals surface area (Å²) >= 11 is 5.18. The van der Waals surface area contributed by atoms with Gasteiger partial charge < -0.3 is 15.4 Å². The summed E-state index contributed by atoms with van der Waals surface area (Å²) < 4.78 is 18.4. The smallest absolute Gasteiger partial charge is 0.166 e. The molecular formula is C17H19FN2OS. The number of benzene rings is 2. The lowest BCUT2D eigenvalue weighted by Gasteiger charge is -2.11. The Morgan fingerprint density at radius 1 is 1.14 bits per heavy atom. The quantitative estimate of drug-likeness (QED) is 0.633. The number of halogens is 1. The van der Waals surface area contributed by atoms with E-state index in [2.05, 4.69) is 10.6 Å². The summed E-state index contributed by atoms with van der Waals surface area (Å²) in [7, 11) is 0. The standard InChI is InChI=1S/C17H19FN2OS/c1-13-3-2-4-16(11-13)21-10-9-19-17(22)20-12-14-5-7-15(18)8-6-14/h2-8,11H,9-10,12H2,1H3,(H2,19,20,22). The van der Waals surface area contributed by atoms with Crippen molar-refractivity contribution in [1.29, 1.82) is 0 Å². The van der Waals surface area contributed by atoms with Gasteiger partial charge in [-0.1, -0.05) is 24.3 Å². The molecule has 0 saturated heterocycles. The van der Waals surface area contributed by atoms with Crippen LogP contribution in [0.2, 0.25) is 0 Å². The first-order valence-electron chi connectivity index (χ1n) is 7.09. The number of ether oxygens (including phenoxy) is 1. The first kappa shape index (κ1) is 16.2. The maximum Gasteiger partial charge on any atom is 0.166 e. The molecule has 0 bridgehead atoms. The largest absolute Gasteiger partial charge is 0.492 e. The Morgan fingerprint density at radius 3 is 2.64 bits per heavy atom. The summed E-state index contributed by atoms with van der Waals surface area (Å²) in [6, 6.07) is 14.2. The molecule has 0 radical (unpaired) electrons. The molecule has 0 unspecified atom stereocenters. The summed E-state index contributed by atoms with van der Waals surface area (Å²) in [6.45, 7) is 3.73. The summed E-state index contributed by atoms with van der Waals surface area (Å²) in [5.41, 5.74) is 2.14. The van der Waals surface area contributed by atoms with Crippen LogP contribution in [-0.4, -0.2) is 18.3 Å². The number of rotatable bonds is 6. The van der Waals surface area contributed by atoms with Crippen LogP contribution in [0.15, 0.2) is 48.5 Å². The molecule has 22 heavy (non-hydrogen) atoms. The van der Waals surface area contributed by atoms with Crippen LogP contribution in [0.25, 0.3) is 0 Å². The van der Waals surface area contributed by atoms with Crippen molar-refractivity contribution >= 4 is 17.3 Å². The van der Waals surface area contributed by atoms with Gasteiger partial charge in [-0.05, 0) is 54.5 Å². The van der Waals surface area contributed by atoms with Crippen LogP contribution in [0.3, 0.4) is 0 Å². The second-order valence-corrected chi connectivity index (χ2v) is 5.31. The van der Waals surface area contributed by atoms with Crippen molar-refractivity contribution < 1.29 is 9.13 Å². The molecule has 0 heterocycles. The Labute approximate surface area is 135 Å². The van der Waals surface area contributed by atoms with Gasteiger partial charge in [0.25, 0.3) is 0 Å². The minimum absolute atomic E-state index is 0.238. The highest BCUT2D eigenvalue weighted by Gasteiger charge is 1.98. The molecule has 2 N–H and O–H groups in total. The normalized spacial score (nSPS) is 10.1. The highest BCUT2D eigenvalue weighted by Crippen LogP contribution is 2.11. The van der Waals surface area contributed by atoms with Crippen LogP contribution in [0, 0.1) is 12.7 Å². The lowest BCUT2D eigenvalue weighted by molar-refractivity contribution is 0.322. The minimum Gasteiger partial charge on any atom is -0.492 e. The molecule has 0 spiro atoms. The third-order valence-corrected chi connectivity index (χ3v) is 3.30. The highest BCUT2D eigenvalue weighted by molar-refractivity contribution is 7.80. The number of thiocarbonyl (C=S) groups is 1. The van der Waals surface area contributed by atoms with Gasteiger partial charge in [0.1, 0.15) is 18.2 Å². The van der Waals surface area contributed by atoms with E-state index in [-0.39, 0.29) is 5.82 Å². The van der Waals surface area contributed by atoms with Gasteiger partial charge in [0.2, 0.25) is 0 Å². The van der Waals surface area contributed by atoms with Gasteiger partial charge in [-0.15, -0.1) is 0 Å². The van der Waals surface area contributed by atoms with Crippen molar-refractivity contribution in [3.05, 3.63) is 65.5 Å². The van der Waals surface area contributed by atoms with Crippen molar-refractivity contribution in [2.75, 3.05) is 13.2 Å². The molecule has 2 aromatic carbocycles. The Hall–Kier alpha value is -2.14. The Balaban J connectivity index is 1.62. The fourth-order valence-corrected chi connectivity index (χ4v) is 2.06. The SMILES string of the molecule is Cc1cccc(OCCNC(=S)NCc2ccc(F)cc2)c1. The molecule has 0 aliphatic heterocycles. The molecule has 2 aromatic rings. The predicted octanol–water partition coefficient (Wildman–Crippen LogP) is 3.18. The minimum atomic E-state index is -0.238. The maximum absolute atomic E-state index is 12.8. The Bertz CT molecular complexity index is 616. The van der Waals surface area contributed by atoms with E-state index >= 15 is 0 Å². The van der Waals surface area contributed by atoms with Crippen molar-refractivity contribution in [1.82, 2.24) is 10.6 Å². The summed E-state index contributed by atoms with van der Waals surface area (Å²) in [5, 5.41) is 6.69. The molecule has 3 nitrogen and oxygen atoms in total. The third-order valence-electron chi connectivity index (χ3n) is 3.01. The van der Waals surface area contributed by atoms with E-state index < -0.39 is 0 Å². The fourth-order valence-electron chi connectivity index (χ4n) is 1.89. The molecule has 2 rings (SSSR count). The van der Waals surface area contributed by atoms with Crippen molar-refractivity contribution in [3.63, 3.8) is 0 Å². The highest BCUT2D eigenvalue weighted by atomic mass is 32.1. The van der Waals surface area contributed by atoms with Gasteiger partial charge in [-0.3, -0.25) is 0 Å². The predicted molar refractivity (Wildman–Crippen MR) is 90.5 cm³/mol. The molecular weight excluding hydrogens is 299 g/mol. The summed E-state index contributed by atoms with van der Waals surface area (Å²) in [6.07, 6.45) is 0. The van der Waals surface area contributed by atoms with Crippen LogP contribution in [0.5, 0.6) is 5.75 Å². The van der Waals surface area contributed by atoms with E-state index in [0.29, 0.717) is 24.8 Å². The van der Waals surface area contributed by atoms with E-state index in [1.165, 1.54) is 17.7 Å². The van der Waals surface area contributed by atoms with Crippen molar-refractivity contribution in [3.8, 4) is 5.75 Å². The average molecular weight is 318 g/mol. The maximum atomic E-state index is 12.8. The molecule has 0 aliphatic carbocycles. The van der Waals surface area contributed by atoms with Gasteiger partial charge in [-0.2, -0.15) is 0 Å². The molecule has 0 amide bonds. The Kier molecular flexibility index (Phi) is 6.15. The zero-order chi connectivity index (χ0) is 15.8. The molecule has 5 heteroatoms. The molecule has 0 aliphatic rings.